The van der Waals surface area contributed by atoms with E-state index < -0.39 is 0 Å². The van der Waals surface area contributed by atoms with Crippen LogP contribution in [0.4, 0.5) is 0 Å². The monoisotopic (exact) mass is 240 g/mol. The van der Waals surface area contributed by atoms with Crippen molar-refractivity contribution in [2.24, 2.45) is 0 Å². The molecule has 1 rings (SSSR count). The molecule has 0 N–H and O–H groups in total. The Hall–Kier alpha value is -1.02. The molecular formula is C13H17ClO2. The third-order valence-corrected chi connectivity index (χ3v) is 2.93. The first-order chi connectivity index (χ1) is 7.65. The Balaban J connectivity index is 3.24. The molecule has 0 aliphatic carbocycles. The highest BCUT2D eigenvalue weighted by atomic mass is 35.5. The quantitative estimate of drug-likeness (QED) is 0.751. The van der Waals surface area contributed by atoms with Gasteiger partial charge in [-0.15, -0.1) is 0 Å². The topological polar surface area (TPSA) is 26.3 Å². The molecule has 0 aromatic heterocycles. The maximum atomic E-state index is 11.7. The number of carbonyl (C=O) groups is 1. The van der Waals surface area contributed by atoms with Crippen LogP contribution < -0.4 is 0 Å². The van der Waals surface area contributed by atoms with Gasteiger partial charge in [-0.3, -0.25) is 0 Å². The van der Waals surface area contributed by atoms with Gasteiger partial charge < -0.3 is 4.74 Å². The Morgan fingerprint density at radius 1 is 1.19 bits per heavy atom. The minimum atomic E-state index is -0.259. The summed E-state index contributed by atoms with van der Waals surface area (Å²) < 4.78 is 5.03. The molecule has 0 fully saturated rings. The van der Waals surface area contributed by atoms with Crippen LogP contribution in [0.2, 0.25) is 5.02 Å². The second kappa shape index (κ2) is 5.90. The normalized spacial score (nSPS) is 10.2. The van der Waals surface area contributed by atoms with Crippen molar-refractivity contribution in [3.05, 3.63) is 33.8 Å². The lowest BCUT2D eigenvalue weighted by Crippen LogP contribution is -2.10. The van der Waals surface area contributed by atoms with Gasteiger partial charge in [-0.2, -0.15) is 0 Å². The lowest BCUT2D eigenvalue weighted by atomic mass is 9.97. The Kier molecular flexibility index (Phi) is 4.81. The molecule has 0 heterocycles. The van der Waals surface area contributed by atoms with Gasteiger partial charge in [-0.05, 0) is 43.0 Å². The Morgan fingerprint density at radius 3 is 2.31 bits per heavy atom. The second-order valence-electron chi connectivity index (χ2n) is 3.48. The molecule has 0 aliphatic heterocycles. The fourth-order valence-electron chi connectivity index (χ4n) is 1.85. The predicted octanol–water partition coefficient (Wildman–Crippen LogP) is 3.64. The highest BCUT2D eigenvalue weighted by Gasteiger charge is 2.15. The number of esters is 1. The molecule has 0 spiro atoms. The molecule has 88 valence electrons. The number of hydrogen-bond donors (Lipinski definition) is 0. The van der Waals surface area contributed by atoms with E-state index in [4.69, 9.17) is 16.3 Å². The summed E-state index contributed by atoms with van der Waals surface area (Å²) in [7, 11) is 0. The molecule has 1 aromatic rings. The van der Waals surface area contributed by atoms with Gasteiger partial charge in [0.25, 0.3) is 0 Å². The summed E-state index contributed by atoms with van der Waals surface area (Å²) in [5, 5.41) is 0.729. The minimum absolute atomic E-state index is 0.259. The van der Waals surface area contributed by atoms with E-state index in [0.717, 1.165) is 29.0 Å². The van der Waals surface area contributed by atoms with Gasteiger partial charge >= 0.3 is 5.97 Å². The Morgan fingerprint density at radius 2 is 1.81 bits per heavy atom. The fourth-order valence-corrected chi connectivity index (χ4v) is 2.16. The van der Waals surface area contributed by atoms with Gasteiger partial charge in [0.2, 0.25) is 0 Å². The van der Waals surface area contributed by atoms with Crippen LogP contribution in [0, 0.1) is 0 Å². The highest BCUT2D eigenvalue weighted by Crippen LogP contribution is 2.25. The van der Waals surface area contributed by atoms with Crippen LogP contribution in [0.5, 0.6) is 0 Å². The molecule has 0 unspecified atom stereocenters. The molecule has 0 radical (unpaired) electrons. The van der Waals surface area contributed by atoms with Crippen molar-refractivity contribution < 1.29 is 9.53 Å². The van der Waals surface area contributed by atoms with Gasteiger partial charge in [0, 0.05) is 5.02 Å². The maximum absolute atomic E-state index is 11.7. The molecule has 2 nitrogen and oxygen atoms in total. The smallest absolute Gasteiger partial charge is 0.338 e. The summed E-state index contributed by atoms with van der Waals surface area (Å²) in [5.41, 5.74) is 2.70. The Labute approximate surface area is 102 Å². The lowest BCUT2D eigenvalue weighted by Gasteiger charge is -2.13. The van der Waals surface area contributed by atoms with E-state index in [1.165, 1.54) is 0 Å². The average Bonchev–Trinajstić information content (AvgIpc) is 2.28. The van der Waals surface area contributed by atoms with Gasteiger partial charge in [0.05, 0.1) is 12.2 Å². The molecule has 16 heavy (non-hydrogen) atoms. The molecule has 0 saturated heterocycles. The third-order valence-electron chi connectivity index (χ3n) is 2.58. The molecular weight excluding hydrogens is 224 g/mol. The summed E-state index contributed by atoms with van der Waals surface area (Å²) in [4.78, 5) is 11.7. The van der Waals surface area contributed by atoms with Crippen molar-refractivity contribution in [2.75, 3.05) is 6.61 Å². The number of hydrogen-bond acceptors (Lipinski definition) is 2. The summed E-state index contributed by atoms with van der Waals surface area (Å²) in [6.07, 6.45) is 1.62. The van der Waals surface area contributed by atoms with Crippen LogP contribution in [0.15, 0.2) is 12.1 Å². The maximum Gasteiger partial charge on any atom is 0.338 e. The van der Waals surface area contributed by atoms with Crippen LogP contribution in [-0.2, 0) is 17.6 Å². The van der Waals surface area contributed by atoms with Crippen LogP contribution in [0.1, 0.15) is 42.3 Å². The highest BCUT2D eigenvalue weighted by molar-refractivity contribution is 6.31. The molecule has 1 aromatic carbocycles. The summed E-state index contributed by atoms with van der Waals surface area (Å²) >= 11 is 6.11. The van der Waals surface area contributed by atoms with Crippen molar-refractivity contribution in [2.45, 2.75) is 33.6 Å². The molecule has 0 bridgehead atoms. The summed E-state index contributed by atoms with van der Waals surface area (Å²) in [5.74, 6) is -0.259. The van der Waals surface area contributed by atoms with E-state index in [9.17, 15) is 4.79 Å². The van der Waals surface area contributed by atoms with Crippen molar-refractivity contribution in [1.82, 2.24) is 0 Å². The Bertz CT molecular complexity index is 386. The van der Waals surface area contributed by atoms with Crippen LogP contribution in [0.3, 0.4) is 0 Å². The van der Waals surface area contributed by atoms with E-state index in [1.54, 1.807) is 19.1 Å². The van der Waals surface area contributed by atoms with Crippen LogP contribution >= 0.6 is 11.6 Å². The van der Waals surface area contributed by atoms with Crippen molar-refractivity contribution in [1.29, 1.82) is 0 Å². The van der Waals surface area contributed by atoms with Gasteiger partial charge in [-0.1, -0.05) is 25.4 Å². The molecule has 0 atom stereocenters. The third kappa shape index (κ3) is 2.56. The first-order valence-corrected chi connectivity index (χ1v) is 6.00. The van der Waals surface area contributed by atoms with Gasteiger partial charge in [-0.25, -0.2) is 4.79 Å². The van der Waals surface area contributed by atoms with Crippen LogP contribution in [0.25, 0.3) is 0 Å². The van der Waals surface area contributed by atoms with E-state index in [2.05, 4.69) is 0 Å². The molecule has 3 heteroatoms. The van der Waals surface area contributed by atoms with Crippen molar-refractivity contribution in [3.8, 4) is 0 Å². The zero-order valence-corrected chi connectivity index (χ0v) is 10.7. The SMILES string of the molecule is CCOC(=O)c1ccc(Cl)c(CC)c1CC. The largest absolute Gasteiger partial charge is 0.462 e. The molecule has 0 saturated carbocycles. The number of rotatable bonds is 4. The van der Waals surface area contributed by atoms with E-state index >= 15 is 0 Å². The molecule has 0 aliphatic rings. The van der Waals surface area contributed by atoms with Crippen LogP contribution in [-0.4, -0.2) is 12.6 Å². The number of benzene rings is 1. The van der Waals surface area contributed by atoms with Crippen molar-refractivity contribution >= 4 is 17.6 Å². The average molecular weight is 241 g/mol. The first kappa shape index (κ1) is 13.0. The number of halogens is 1. The zero-order chi connectivity index (χ0) is 12.1. The summed E-state index contributed by atoms with van der Waals surface area (Å²) in [6, 6.07) is 3.52. The summed E-state index contributed by atoms with van der Waals surface area (Å²) in [6.45, 7) is 6.26. The number of carbonyl (C=O) groups excluding carboxylic acids is 1. The fraction of sp³-hybridized carbons (Fsp3) is 0.462. The zero-order valence-electron chi connectivity index (χ0n) is 9.97. The van der Waals surface area contributed by atoms with Gasteiger partial charge in [0.15, 0.2) is 0 Å². The van der Waals surface area contributed by atoms with E-state index in [1.807, 2.05) is 13.8 Å². The lowest BCUT2D eigenvalue weighted by molar-refractivity contribution is 0.0525. The van der Waals surface area contributed by atoms with Gasteiger partial charge in [0.1, 0.15) is 0 Å². The first-order valence-electron chi connectivity index (χ1n) is 5.63. The second-order valence-corrected chi connectivity index (χ2v) is 3.89. The predicted molar refractivity (Wildman–Crippen MR) is 66.2 cm³/mol. The van der Waals surface area contributed by atoms with Crippen molar-refractivity contribution in [3.63, 3.8) is 0 Å². The number of ether oxygens (including phenoxy) is 1. The minimum Gasteiger partial charge on any atom is -0.462 e. The molecule has 0 amide bonds. The van der Waals surface area contributed by atoms with E-state index in [0.29, 0.717) is 12.2 Å². The van der Waals surface area contributed by atoms with E-state index in [-0.39, 0.29) is 5.97 Å². The standard InChI is InChI=1S/C13H17ClO2/c1-4-9-10(5-2)12(14)8-7-11(9)13(15)16-6-3/h7-8H,4-6H2,1-3H3.